The van der Waals surface area contributed by atoms with E-state index >= 15 is 0 Å². The molecule has 0 spiro atoms. The monoisotopic (exact) mass is 346 g/mol. The average molecular weight is 346 g/mol. The van der Waals surface area contributed by atoms with Crippen LogP contribution in [0.2, 0.25) is 0 Å². The van der Waals surface area contributed by atoms with Crippen LogP contribution >= 0.6 is 0 Å². The minimum atomic E-state index is -0.595. The van der Waals surface area contributed by atoms with E-state index < -0.39 is 5.97 Å². The smallest absolute Gasteiger partial charge is 0.325 e. The summed E-state index contributed by atoms with van der Waals surface area (Å²) in [6.07, 6.45) is 5.77. The first kappa shape index (κ1) is 19.0. The van der Waals surface area contributed by atoms with Crippen LogP contribution in [0.5, 0.6) is 0 Å². The number of amides is 2. The molecular weight excluding hydrogens is 320 g/mol. The van der Waals surface area contributed by atoms with E-state index in [1.807, 2.05) is 30.3 Å². The highest BCUT2D eigenvalue weighted by Gasteiger charge is 2.21. The molecule has 0 radical (unpaired) electrons. The second kappa shape index (κ2) is 10.5. The van der Waals surface area contributed by atoms with Crippen LogP contribution in [0.3, 0.4) is 0 Å². The van der Waals surface area contributed by atoms with Crippen molar-refractivity contribution in [1.82, 2.24) is 10.6 Å². The molecule has 0 aliphatic heterocycles. The molecule has 25 heavy (non-hydrogen) atoms. The zero-order chi connectivity index (χ0) is 17.9. The Morgan fingerprint density at radius 1 is 1.00 bits per heavy atom. The van der Waals surface area contributed by atoms with Gasteiger partial charge in [-0.2, -0.15) is 0 Å². The van der Waals surface area contributed by atoms with Gasteiger partial charge in [0.15, 0.2) is 6.61 Å². The molecule has 1 aliphatic rings. The minimum absolute atomic E-state index is 0.00263. The van der Waals surface area contributed by atoms with E-state index in [0.29, 0.717) is 6.54 Å². The van der Waals surface area contributed by atoms with Crippen molar-refractivity contribution < 1.29 is 19.1 Å². The predicted molar refractivity (Wildman–Crippen MR) is 93.7 cm³/mol. The largest absolute Gasteiger partial charge is 0.454 e. The van der Waals surface area contributed by atoms with Crippen LogP contribution in [0.25, 0.3) is 0 Å². The van der Waals surface area contributed by atoms with E-state index in [1.165, 1.54) is 6.42 Å². The van der Waals surface area contributed by atoms with Crippen molar-refractivity contribution in [2.45, 2.75) is 38.5 Å². The third kappa shape index (κ3) is 7.37. The van der Waals surface area contributed by atoms with Crippen LogP contribution in [0.15, 0.2) is 30.3 Å². The number of benzene rings is 1. The van der Waals surface area contributed by atoms with Crippen molar-refractivity contribution in [1.29, 1.82) is 0 Å². The van der Waals surface area contributed by atoms with E-state index in [9.17, 15) is 14.4 Å². The molecule has 0 unspecified atom stereocenters. The van der Waals surface area contributed by atoms with Crippen LogP contribution in [-0.4, -0.2) is 37.5 Å². The average Bonchev–Trinajstić information content (AvgIpc) is 2.66. The molecule has 6 heteroatoms. The van der Waals surface area contributed by atoms with Crippen LogP contribution < -0.4 is 10.6 Å². The zero-order valence-corrected chi connectivity index (χ0v) is 14.5. The molecule has 2 N–H and O–H groups in total. The Bertz CT molecular complexity index is 568. The quantitative estimate of drug-likeness (QED) is 0.700. The number of carbonyl (C=O) groups excluding carboxylic acids is 3. The summed E-state index contributed by atoms with van der Waals surface area (Å²) in [4.78, 5) is 35.2. The molecule has 136 valence electrons. The standard InChI is InChI=1S/C19H26N2O4/c22-17(20-12-11-15-7-3-1-4-8-15)14-25-18(23)13-21-19(24)16-9-5-2-6-10-16/h1,3-4,7-8,16H,2,5-6,9-14H2,(H,20,22)(H,21,24). The molecule has 1 saturated carbocycles. The van der Waals surface area contributed by atoms with Gasteiger partial charge in [0, 0.05) is 12.5 Å². The SMILES string of the molecule is O=C(COC(=O)CNC(=O)C1CCCCC1)NCCc1ccccc1. The van der Waals surface area contributed by atoms with Crippen LogP contribution in [0, 0.1) is 5.92 Å². The maximum absolute atomic E-state index is 11.9. The topological polar surface area (TPSA) is 84.5 Å². The lowest BCUT2D eigenvalue weighted by atomic mass is 9.89. The van der Waals surface area contributed by atoms with Gasteiger partial charge in [0.25, 0.3) is 5.91 Å². The number of ether oxygens (including phenoxy) is 1. The highest BCUT2D eigenvalue weighted by molar-refractivity contribution is 5.85. The molecule has 2 rings (SSSR count). The molecule has 0 heterocycles. The lowest BCUT2D eigenvalue weighted by Gasteiger charge is -2.20. The molecule has 6 nitrogen and oxygen atoms in total. The first-order valence-electron chi connectivity index (χ1n) is 8.89. The fourth-order valence-corrected chi connectivity index (χ4v) is 2.91. The van der Waals surface area contributed by atoms with Gasteiger partial charge < -0.3 is 15.4 Å². The van der Waals surface area contributed by atoms with E-state index in [1.54, 1.807) is 0 Å². The van der Waals surface area contributed by atoms with Gasteiger partial charge in [0.1, 0.15) is 6.54 Å². The molecule has 1 fully saturated rings. The van der Waals surface area contributed by atoms with Gasteiger partial charge in [0.05, 0.1) is 0 Å². The summed E-state index contributed by atoms with van der Waals surface area (Å²) >= 11 is 0. The second-order valence-electron chi connectivity index (χ2n) is 6.30. The molecule has 1 aromatic carbocycles. The lowest BCUT2D eigenvalue weighted by molar-refractivity contribution is -0.148. The van der Waals surface area contributed by atoms with Crippen molar-refractivity contribution in [2.75, 3.05) is 19.7 Å². The number of nitrogens with one attached hydrogen (secondary N) is 2. The van der Waals surface area contributed by atoms with Gasteiger partial charge in [0.2, 0.25) is 5.91 Å². The molecule has 1 aliphatic carbocycles. The van der Waals surface area contributed by atoms with E-state index in [4.69, 9.17) is 4.74 Å². The zero-order valence-electron chi connectivity index (χ0n) is 14.5. The van der Waals surface area contributed by atoms with Gasteiger partial charge in [-0.1, -0.05) is 49.6 Å². The van der Waals surface area contributed by atoms with Crippen LogP contribution in [0.4, 0.5) is 0 Å². The van der Waals surface area contributed by atoms with Gasteiger partial charge in [-0.05, 0) is 24.8 Å². The molecule has 0 saturated heterocycles. The van der Waals surface area contributed by atoms with Crippen molar-refractivity contribution in [2.24, 2.45) is 5.92 Å². The summed E-state index contributed by atoms with van der Waals surface area (Å²) in [5, 5.41) is 5.29. The van der Waals surface area contributed by atoms with Gasteiger partial charge >= 0.3 is 5.97 Å². The molecule has 1 aromatic rings. The third-order valence-electron chi connectivity index (χ3n) is 4.33. The Labute approximate surface area is 148 Å². The van der Waals surface area contributed by atoms with Crippen molar-refractivity contribution in [3.8, 4) is 0 Å². The molecular formula is C19H26N2O4. The summed E-state index contributed by atoms with van der Waals surface area (Å²) in [7, 11) is 0. The Morgan fingerprint density at radius 2 is 1.72 bits per heavy atom. The molecule has 0 atom stereocenters. The fourth-order valence-electron chi connectivity index (χ4n) is 2.91. The number of carbonyl (C=O) groups is 3. The van der Waals surface area contributed by atoms with Crippen molar-refractivity contribution in [3.05, 3.63) is 35.9 Å². The maximum Gasteiger partial charge on any atom is 0.325 e. The normalized spacial score (nSPS) is 14.6. The molecule has 0 bridgehead atoms. The highest BCUT2D eigenvalue weighted by Crippen LogP contribution is 2.23. The lowest BCUT2D eigenvalue weighted by Crippen LogP contribution is -2.37. The maximum atomic E-state index is 11.9. The predicted octanol–water partition coefficient (Wildman–Crippen LogP) is 1.58. The Hall–Kier alpha value is -2.37. The van der Waals surface area contributed by atoms with E-state index in [0.717, 1.165) is 37.7 Å². The minimum Gasteiger partial charge on any atom is -0.454 e. The van der Waals surface area contributed by atoms with Gasteiger partial charge in [-0.15, -0.1) is 0 Å². The summed E-state index contributed by atoms with van der Waals surface area (Å²) < 4.78 is 4.88. The molecule has 0 aromatic heterocycles. The van der Waals surface area contributed by atoms with Crippen molar-refractivity contribution >= 4 is 17.8 Å². The van der Waals surface area contributed by atoms with E-state index in [2.05, 4.69) is 10.6 Å². The van der Waals surface area contributed by atoms with Crippen LogP contribution in [-0.2, 0) is 25.5 Å². The number of hydrogen-bond donors (Lipinski definition) is 2. The Morgan fingerprint density at radius 3 is 2.44 bits per heavy atom. The van der Waals surface area contributed by atoms with Gasteiger partial charge in [-0.25, -0.2) is 0 Å². The second-order valence-corrected chi connectivity index (χ2v) is 6.30. The van der Waals surface area contributed by atoms with Crippen molar-refractivity contribution in [3.63, 3.8) is 0 Å². The number of hydrogen-bond acceptors (Lipinski definition) is 4. The Balaban J connectivity index is 1.54. The summed E-state index contributed by atoms with van der Waals surface area (Å²) in [5.74, 6) is -1.03. The Kier molecular flexibility index (Phi) is 7.95. The number of esters is 1. The number of rotatable bonds is 8. The third-order valence-corrected chi connectivity index (χ3v) is 4.33. The summed E-state index contributed by atoms with van der Waals surface area (Å²) in [6.45, 7) is -0.0294. The van der Waals surface area contributed by atoms with Crippen LogP contribution in [0.1, 0.15) is 37.7 Å². The van der Waals surface area contributed by atoms with Gasteiger partial charge in [-0.3, -0.25) is 14.4 Å². The summed E-state index contributed by atoms with van der Waals surface area (Å²) in [6, 6.07) is 9.80. The fraction of sp³-hybridized carbons (Fsp3) is 0.526. The molecule has 2 amide bonds. The first-order valence-corrected chi connectivity index (χ1v) is 8.89. The summed E-state index contributed by atoms with van der Waals surface area (Å²) in [5.41, 5.74) is 1.13. The van der Waals surface area contributed by atoms with E-state index in [-0.39, 0.29) is 30.9 Å². The first-order chi connectivity index (χ1) is 12.1. The highest BCUT2D eigenvalue weighted by atomic mass is 16.5.